The van der Waals surface area contributed by atoms with Crippen LogP contribution in [0.5, 0.6) is 0 Å². The highest BCUT2D eigenvalue weighted by Gasteiger charge is 2.31. The maximum Gasteiger partial charge on any atom is 0.274 e. The van der Waals surface area contributed by atoms with Gasteiger partial charge in [0.15, 0.2) is 5.69 Å². The van der Waals surface area contributed by atoms with E-state index in [1.54, 1.807) is 0 Å². The van der Waals surface area contributed by atoms with E-state index in [0.29, 0.717) is 5.69 Å². The van der Waals surface area contributed by atoms with Gasteiger partial charge in [-0.1, -0.05) is 18.2 Å². The molecule has 1 amide bonds. The highest BCUT2D eigenvalue weighted by atomic mass is 16.2. The molecule has 1 aliphatic heterocycles. The first-order chi connectivity index (χ1) is 11.3. The van der Waals surface area contributed by atoms with E-state index in [0.717, 1.165) is 50.0 Å². The Morgan fingerprint density at radius 2 is 2.13 bits per heavy atom. The van der Waals surface area contributed by atoms with E-state index in [9.17, 15) is 4.79 Å². The van der Waals surface area contributed by atoms with Gasteiger partial charge in [-0.15, -0.1) is 0 Å². The Hall–Kier alpha value is -2.14. The minimum Gasteiger partial charge on any atom is -0.336 e. The summed E-state index contributed by atoms with van der Waals surface area (Å²) in [6.45, 7) is 1.86. The van der Waals surface area contributed by atoms with Gasteiger partial charge in [0.1, 0.15) is 0 Å². The van der Waals surface area contributed by atoms with Crippen LogP contribution in [0.25, 0.3) is 5.69 Å². The third-order valence-corrected chi connectivity index (χ3v) is 5.04. The summed E-state index contributed by atoms with van der Waals surface area (Å²) in [5, 5.41) is 8.02. The van der Waals surface area contributed by atoms with Crippen LogP contribution in [-0.2, 0) is 12.8 Å². The second-order valence-corrected chi connectivity index (χ2v) is 6.44. The van der Waals surface area contributed by atoms with Crippen LogP contribution >= 0.6 is 0 Å². The van der Waals surface area contributed by atoms with Crippen LogP contribution in [0.2, 0.25) is 0 Å². The molecular weight excluding hydrogens is 288 g/mol. The van der Waals surface area contributed by atoms with Gasteiger partial charge < -0.3 is 10.2 Å². The van der Waals surface area contributed by atoms with Crippen molar-refractivity contribution in [3.8, 4) is 5.69 Å². The summed E-state index contributed by atoms with van der Waals surface area (Å²) >= 11 is 0. The lowest BCUT2D eigenvalue weighted by Gasteiger charge is -2.23. The zero-order valence-electron chi connectivity index (χ0n) is 13.5. The fraction of sp³-hybridized carbons (Fsp3) is 0.444. The molecule has 1 unspecified atom stereocenters. The van der Waals surface area contributed by atoms with Crippen molar-refractivity contribution in [3.63, 3.8) is 0 Å². The minimum atomic E-state index is 0.0616. The summed E-state index contributed by atoms with van der Waals surface area (Å²) in [5.41, 5.74) is 4.04. The Balaban J connectivity index is 1.71. The van der Waals surface area contributed by atoms with E-state index in [-0.39, 0.29) is 11.9 Å². The third kappa shape index (κ3) is 2.45. The van der Waals surface area contributed by atoms with Gasteiger partial charge in [0.2, 0.25) is 0 Å². The Bertz CT molecular complexity index is 716. The second kappa shape index (κ2) is 5.81. The zero-order chi connectivity index (χ0) is 15.8. The van der Waals surface area contributed by atoms with Gasteiger partial charge in [-0.3, -0.25) is 4.79 Å². The fourth-order valence-electron chi connectivity index (χ4n) is 3.69. The van der Waals surface area contributed by atoms with Gasteiger partial charge >= 0.3 is 0 Å². The zero-order valence-corrected chi connectivity index (χ0v) is 13.5. The number of hydrogen-bond acceptors (Lipinski definition) is 3. The van der Waals surface area contributed by atoms with Crippen LogP contribution in [-0.4, -0.2) is 46.8 Å². The molecule has 0 bridgehead atoms. The van der Waals surface area contributed by atoms with Gasteiger partial charge in [0, 0.05) is 30.9 Å². The van der Waals surface area contributed by atoms with E-state index >= 15 is 0 Å². The van der Waals surface area contributed by atoms with Crippen molar-refractivity contribution in [1.29, 1.82) is 0 Å². The molecule has 1 aromatic carbocycles. The molecule has 5 nitrogen and oxygen atoms in total. The minimum absolute atomic E-state index is 0.0616. The van der Waals surface area contributed by atoms with Crippen molar-refractivity contribution in [1.82, 2.24) is 20.0 Å². The molecule has 1 saturated heterocycles. The van der Waals surface area contributed by atoms with Gasteiger partial charge in [0.05, 0.1) is 5.69 Å². The van der Waals surface area contributed by atoms with E-state index in [1.807, 2.05) is 47.0 Å². The molecule has 23 heavy (non-hydrogen) atoms. The van der Waals surface area contributed by atoms with E-state index in [2.05, 4.69) is 5.32 Å². The molecule has 2 heterocycles. The lowest BCUT2D eigenvalue weighted by Crippen LogP contribution is -2.39. The number of aromatic nitrogens is 2. The van der Waals surface area contributed by atoms with Gasteiger partial charge in [-0.05, 0) is 44.4 Å². The van der Waals surface area contributed by atoms with Crippen molar-refractivity contribution in [2.75, 3.05) is 20.1 Å². The molecule has 0 radical (unpaired) electrons. The highest BCUT2D eigenvalue weighted by molar-refractivity contribution is 5.94. The van der Waals surface area contributed by atoms with Crippen LogP contribution in [0.15, 0.2) is 30.3 Å². The number of hydrogen-bond donors (Lipinski definition) is 1. The van der Waals surface area contributed by atoms with Gasteiger partial charge in [-0.2, -0.15) is 5.10 Å². The van der Waals surface area contributed by atoms with Crippen LogP contribution in [0, 0.1) is 0 Å². The number of likely N-dealkylation sites (N-methyl/N-ethyl adjacent to an activating group) is 1. The van der Waals surface area contributed by atoms with Crippen LogP contribution in [0.4, 0.5) is 0 Å². The molecule has 1 aliphatic carbocycles. The Morgan fingerprint density at radius 3 is 2.87 bits per heavy atom. The first-order valence-electron chi connectivity index (χ1n) is 8.40. The number of rotatable bonds is 3. The van der Waals surface area contributed by atoms with Crippen molar-refractivity contribution in [2.45, 2.75) is 31.7 Å². The van der Waals surface area contributed by atoms with E-state index in [1.165, 1.54) is 5.69 Å². The molecule has 1 N–H and O–H groups in total. The average molecular weight is 310 g/mol. The van der Waals surface area contributed by atoms with Crippen molar-refractivity contribution >= 4 is 5.91 Å². The van der Waals surface area contributed by atoms with Gasteiger partial charge in [0.25, 0.3) is 5.91 Å². The molecule has 1 aromatic heterocycles. The standard InChI is InChI=1S/C18H22N4O/c1-21(14-10-11-19-12-14)18(23)17-15-8-5-9-16(15)22(20-17)13-6-3-2-4-7-13/h2-4,6-7,14,19H,5,8-12H2,1H3. The monoisotopic (exact) mass is 310 g/mol. The third-order valence-electron chi connectivity index (χ3n) is 5.04. The molecule has 120 valence electrons. The molecule has 0 saturated carbocycles. The largest absolute Gasteiger partial charge is 0.336 e. The van der Waals surface area contributed by atoms with E-state index < -0.39 is 0 Å². The maximum absolute atomic E-state index is 13.0. The number of benzene rings is 1. The second-order valence-electron chi connectivity index (χ2n) is 6.44. The molecule has 4 rings (SSSR count). The molecule has 2 aliphatic rings. The number of nitrogens with one attached hydrogen (secondary N) is 1. The lowest BCUT2D eigenvalue weighted by molar-refractivity contribution is 0.0736. The first kappa shape index (κ1) is 14.5. The van der Waals surface area contributed by atoms with Gasteiger partial charge in [-0.25, -0.2) is 4.68 Å². The summed E-state index contributed by atoms with van der Waals surface area (Å²) < 4.78 is 1.97. The SMILES string of the molecule is CN(C(=O)c1nn(-c2ccccc2)c2c1CCC2)C1CCNC1. The summed E-state index contributed by atoms with van der Waals surface area (Å²) in [6.07, 6.45) is 4.08. The summed E-state index contributed by atoms with van der Waals surface area (Å²) in [5.74, 6) is 0.0616. The first-order valence-corrected chi connectivity index (χ1v) is 8.40. The Morgan fingerprint density at radius 1 is 1.30 bits per heavy atom. The number of nitrogens with zero attached hydrogens (tertiary/aromatic N) is 3. The smallest absolute Gasteiger partial charge is 0.274 e. The predicted molar refractivity (Wildman–Crippen MR) is 89.0 cm³/mol. The Labute approximate surface area is 136 Å². The maximum atomic E-state index is 13.0. The number of amides is 1. The average Bonchev–Trinajstić information content (AvgIpc) is 3.31. The summed E-state index contributed by atoms with van der Waals surface area (Å²) in [6, 6.07) is 10.4. The number of carbonyl (C=O) groups is 1. The number of carbonyl (C=O) groups excluding carboxylic acids is 1. The highest BCUT2D eigenvalue weighted by Crippen LogP contribution is 2.28. The molecule has 5 heteroatoms. The number of para-hydroxylation sites is 1. The fourth-order valence-corrected chi connectivity index (χ4v) is 3.69. The quantitative estimate of drug-likeness (QED) is 0.940. The summed E-state index contributed by atoms with van der Waals surface area (Å²) in [4.78, 5) is 14.8. The lowest BCUT2D eigenvalue weighted by atomic mass is 10.1. The normalized spacial score (nSPS) is 19.8. The van der Waals surface area contributed by atoms with Crippen molar-refractivity contribution in [2.24, 2.45) is 0 Å². The molecule has 2 aromatic rings. The Kier molecular flexibility index (Phi) is 3.65. The summed E-state index contributed by atoms with van der Waals surface area (Å²) in [7, 11) is 1.91. The number of fused-ring (bicyclic) bond motifs is 1. The molecule has 1 atom stereocenters. The van der Waals surface area contributed by atoms with E-state index in [4.69, 9.17) is 5.10 Å². The van der Waals surface area contributed by atoms with Crippen molar-refractivity contribution < 1.29 is 4.79 Å². The molecule has 0 spiro atoms. The van der Waals surface area contributed by atoms with Crippen LogP contribution < -0.4 is 5.32 Å². The predicted octanol–water partition coefficient (Wildman–Crippen LogP) is 1.79. The molecule has 1 fully saturated rings. The van der Waals surface area contributed by atoms with Crippen LogP contribution in [0.3, 0.4) is 0 Å². The topological polar surface area (TPSA) is 50.2 Å². The van der Waals surface area contributed by atoms with Crippen molar-refractivity contribution in [3.05, 3.63) is 47.3 Å². The van der Waals surface area contributed by atoms with Crippen LogP contribution in [0.1, 0.15) is 34.6 Å². The molecular formula is C18H22N4O.